The number of fused-ring (bicyclic) bond motifs is 1. The third-order valence-electron chi connectivity index (χ3n) is 4.48. The molecule has 0 unspecified atom stereocenters. The van der Waals surface area contributed by atoms with Crippen molar-refractivity contribution in [2.75, 3.05) is 24.8 Å². The van der Waals surface area contributed by atoms with E-state index < -0.39 is 47.5 Å². The fraction of sp³-hybridized carbons (Fsp3) is 0.474. The Morgan fingerprint density at radius 2 is 2.06 bits per heavy atom. The Kier molecular flexibility index (Phi) is 9.72. The van der Waals surface area contributed by atoms with Gasteiger partial charge in [-0.3, -0.25) is 19.8 Å². The normalized spacial score (nSPS) is 19.7. The van der Waals surface area contributed by atoms with Crippen molar-refractivity contribution in [2.24, 2.45) is 5.16 Å². The number of aromatic nitrogens is 1. The summed E-state index contributed by atoms with van der Waals surface area (Å²) in [5, 5.41) is 28.5. The van der Waals surface area contributed by atoms with E-state index in [0.717, 1.165) is 16.2 Å². The van der Waals surface area contributed by atoms with E-state index >= 15 is 0 Å². The Morgan fingerprint density at radius 1 is 1.37 bits per heavy atom. The van der Waals surface area contributed by atoms with Crippen LogP contribution in [0.5, 0.6) is 0 Å². The maximum absolute atomic E-state index is 12.9. The smallest absolute Gasteiger partial charge is 1.00 e. The van der Waals surface area contributed by atoms with Crippen LogP contribution in [0, 0.1) is 0 Å². The molecule has 4 N–H and O–H groups in total. The summed E-state index contributed by atoms with van der Waals surface area (Å²) in [5.41, 5.74) is -0.913. The SMILES string of the molecule is CO/N=C(/C(=O)N[C@@H]1C(=O)N2C(C(=O)O)=C(CO)CS[C@H]12)c1csc(NC(=O)OC(C)(C)C)n1.[H-].[Na+]. The molecule has 0 aromatic carbocycles. The molecule has 1 saturated heterocycles. The molecule has 16 heteroatoms. The van der Waals surface area contributed by atoms with Crippen LogP contribution < -0.4 is 40.2 Å². The summed E-state index contributed by atoms with van der Waals surface area (Å²) < 4.78 is 5.16. The zero-order valence-electron chi connectivity index (χ0n) is 20.6. The van der Waals surface area contributed by atoms with E-state index in [9.17, 15) is 29.4 Å². The van der Waals surface area contributed by atoms with Crippen molar-refractivity contribution in [2.45, 2.75) is 37.8 Å². The Labute approximate surface area is 232 Å². The molecular weight excluding hydrogens is 513 g/mol. The molecule has 3 rings (SSSR count). The number of oxime groups is 1. The van der Waals surface area contributed by atoms with Gasteiger partial charge in [-0.15, -0.1) is 23.1 Å². The molecule has 13 nitrogen and oxygen atoms in total. The largest absolute Gasteiger partial charge is 1.00 e. The van der Waals surface area contributed by atoms with Crippen LogP contribution in [0.4, 0.5) is 9.93 Å². The minimum Gasteiger partial charge on any atom is -1.00 e. The molecule has 2 aliphatic rings. The molecule has 3 heterocycles. The topological polar surface area (TPSA) is 180 Å². The van der Waals surface area contributed by atoms with E-state index in [1.165, 1.54) is 24.3 Å². The second kappa shape index (κ2) is 11.7. The standard InChI is InChI=1S/C19H23N5O8S2.Na.H/c1-19(2,3)32-18(30)22-17-20-9(7-34-17)10(23-31-4)13(26)21-11-14(27)24-12(16(28)29)8(5-25)6-33-15(11)24;;/h7,11,15,25H,5-6H2,1-4H3,(H,21,26)(H,28,29)(H,20,22,30);;/q;+1;-1/b23-10+;;/t11-,15-;;/m1../s1. The van der Waals surface area contributed by atoms with Gasteiger partial charge in [0.2, 0.25) is 0 Å². The van der Waals surface area contributed by atoms with Crippen molar-refractivity contribution in [1.29, 1.82) is 0 Å². The molecule has 186 valence electrons. The number of thioether (sulfide) groups is 1. The molecule has 2 aliphatic heterocycles. The number of aliphatic carboxylic acids is 1. The third-order valence-corrected chi connectivity index (χ3v) is 6.58. The molecule has 0 radical (unpaired) electrons. The minimum atomic E-state index is -1.33. The number of nitrogens with zero attached hydrogens (tertiary/aromatic N) is 3. The van der Waals surface area contributed by atoms with Crippen molar-refractivity contribution in [3.63, 3.8) is 0 Å². The predicted octanol–water partition coefficient (Wildman–Crippen LogP) is -2.31. The fourth-order valence-corrected chi connectivity index (χ4v) is 5.16. The molecular formula is C19H24N5NaO8S2. The Morgan fingerprint density at radius 3 is 2.63 bits per heavy atom. The minimum absolute atomic E-state index is 0. The van der Waals surface area contributed by atoms with Crippen molar-refractivity contribution < 1.29 is 69.9 Å². The van der Waals surface area contributed by atoms with Crippen LogP contribution >= 0.6 is 23.1 Å². The Bertz CT molecular complexity index is 1090. The Balaban J connectivity index is 0.00000324. The van der Waals surface area contributed by atoms with Gasteiger partial charge in [0, 0.05) is 11.1 Å². The van der Waals surface area contributed by atoms with Crippen LogP contribution in [-0.2, 0) is 24.0 Å². The molecule has 2 atom stereocenters. The Hall–Kier alpha value is -2.17. The second-order valence-corrected chi connectivity index (χ2v) is 10.0. The quantitative estimate of drug-likeness (QED) is 0.128. The number of β-lactam (4-membered cyclic amide) rings is 1. The molecule has 0 bridgehead atoms. The maximum atomic E-state index is 12.9. The summed E-state index contributed by atoms with van der Waals surface area (Å²) in [6, 6.07) is -1.01. The summed E-state index contributed by atoms with van der Waals surface area (Å²) in [5.74, 6) is -2.54. The fourth-order valence-electron chi connectivity index (χ4n) is 3.14. The summed E-state index contributed by atoms with van der Waals surface area (Å²) in [4.78, 5) is 59.0. The molecule has 0 saturated carbocycles. The predicted molar refractivity (Wildman–Crippen MR) is 123 cm³/mol. The monoisotopic (exact) mass is 537 g/mol. The number of carbonyl (C=O) groups is 4. The maximum Gasteiger partial charge on any atom is 1.00 e. The van der Waals surface area contributed by atoms with E-state index in [0.29, 0.717) is 0 Å². The van der Waals surface area contributed by atoms with Gasteiger partial charge in [-0.05, 0) is 26.3 Å². The van der Waals surface area contributed by atoms with Gasteiger partial charge >= 0.3 is 41.6 Å². The number of carboxylic acids is 1. The van der Waals surface area contributed by atoms with Crippen molar-refractivity contribution >= 4 is 57.8 Å². The van der Waals surface area contributed by atoms with Gasteiger partial charge in [0.1, 0.15) is 35.5 Å². The first-order valence-electron chi connectivity index (χ1n) is 9.85. The molecule has 1 aromatic rings. The van der Waals surface area contributed by atoms with E-state index in [1.54, 1.807) is 20.8 Å². The van der Waals surface area contributed by atoms with Crippen LogP contribution in [-0.4, -0.2) is 86.2 Å². The summed E-state index contributed by atoms with van der Waals surface area (Å²) in [6.45, 7) is 4.64. The number of amides is 3. The summed E-state index contributed by atoms with van der Waals surface area (Å²) in [6.07, 6.45) is -0.720. The average molecular weight is 538 g/mol. The van der Waals surface area contributed by atoms with E-state index in [-0.39, 0.29) is 64.5 Å². The number of thiazole rings is 1. The number of carboxylic acid groups (broad SMARTS) is 1. The third kappa shape index (κ3) is 6.54. The number of aliphatic hydroxyl groups is 1. The first kappa shape index (κ1) is 29.1. The summed E-state index contributed by atoms with van der Waals surface area (Å²) >= 11 is 2.25. The van der Waals surface area contributed by atoms with Gasteiger partial charge in [0.25, 0.3) is 11.8 Å². The van der Waals surface area contributed by atoms with E-state index in [1.807, 2.05) is 0 Å². The van der Waals surface area contributed by atoms with Crippen LogP contribution in [0.15, 0.2) is 21.8 Å². The number of hydrogen-bond acceptors (Lipinski definition) is 11. The first-order valence-corrected chi connectivity index (χ1v) is 11.8. The summed E-state index contributed by atoms with van der Waals surface area (Å²) in [7, 11) is 1.23. The molecule has 3 amide bonds. The van der Waals surface area contributed by atoms with Crippen LogP contribution in [0.3, 0.4) is 0 Å². The zero-order chi connectivity index (χ0) is 25.2. The van der Waals surface area contributed by atoms with Crippen LogP contribution in [0.2, 0.25) is 0 Å². The van der Waals surface area contributed by atoms with Gasteiger partial charge in [-0.25, -0.2) is 14.6 Å². The van der Waals surface area contributed by atoms with Crippen LogP contribution in [0.25, 0.3) is 0 Å². The molecule has 35 heavy (non-hydrogen) atoms. The van der Waals surface area contributed by atoms with Crippen molar-refractivity contribution in [3.8, 4) is 0 Å². The number of anilines is 1. The number of aliphatic hydroxyl groups excluding tert-OH is 1. The molecule has 0 spiro atoms. The van der Waals surface area contributed by atoms with Gasteiger partial charge in [0.15, 0.2) is 10.8 Å². The number of carbonyl (C=O) groups excluding carboxylic acids is 3. The van der Waals surface area contributed by atoms with Gasteiger partial charge < -0.3 is 26.5 Å². The second-order valence-electron chi connectivity index (χ2n) is 8.06. The number of hydrogen-bond donors (Lipinski definition) is 4. The molecule has 1 aromatic heterocycles. The van der Waals surface area contributed by atoms with E-state index in [4.69, 9.17) is 9.57 Å². The van der Waals surface area contributed by atoms with Crippen molar-refractivity contribution in [1.82, 2.24) is 15.2 Å². The van der Waals surface area contributed by atoms with Gasteiger partial charge in [0.05, 0.1) is 6.61 Å². The van der Waals surface area contributed by atoms with Gasteiger partial charge in [-0.1, -0.05) is 5.16 Å². The first-order chi connectivity index (χ1) is 16.0. The average Bonchev–Trinajstić information content (AvgIpc) is 3.20. The van der Waals surface area contributed by atoms with E-state index in [2.05, 4.69) is 20.8 Å². The number of ether oxygens (including phenoxy) is 1. The number of nitrogens with one attached hydrogen (secondary N) is 2. The van der Waals surface area contributed by atoms with Crippen LogP contribution in [0.1, 0.15) is 27.9 Å². The molecule has 1 fully saturated rings. The van der Waals surface area contributed by atoms with Gasteiger partial charge in [-0.2, -0.15) is 0 Å². The zero-order valence-corrected chi connectivity index (χ0v) is 23.3. The number of rotatable bonds is 7. The molecule has 0 aliphatic carbocycles. The van der Waals surface area contributed by atoms with Crippen molar-refractivity contribution in [3.05, 3.63) is 22.3 Å².